The molecule has 30 heavy (non-hydrogen) atoms. The number of ketones is 1. The van der Waals surface area contributed by atoms with Crippen LogP contribution in [-0.2, 0) is 11.2 Å². The van der Waals surface area contributed by atoms with E-state index in [4.69, 9.17) is 11.6 Å². The number of rotatable bonds is 3. The summed E-state index contributed by atoms with van der Waals surface area (Å²) < 4.78 is 14.0. The fourth-order valence-corrected chi connectivity index (χ4v) is 6.05. The standard InChI is InChI=1S/C21H19ClFN3O3S/c22-13-2-1-3-14(23)17(13)19(28)25-21-24-15-7-11(8-16(27)18(15)30-21)20(29)26-9-10-4-5-12(26)6-10/h1-3,10-12H,4-9H2,(H,24,25,28)/t10-,11+,12-/m0/s1. The van der Waals surface area contributed by atoms with Crippen LogP contribution in [-0.4, -0.2) is 40.1 Å². The van der Waals surface area contributed by atoms with Gasteiger partial charge in [0.25, 0.3) is 5.91 Å². The van der Waals surface area contributed by atoms with Crippen LogP contribution in [0.3, 0.4) is 0 Å². The number of aromatic nitrogens is 1. The van der Waals surface area contributed by atoms with Gasteiger partial charge in [-0.2, -0.15) is 0 Å². The molecule has 0 radical (unpaired) electrons. The molecule has 2 bridgehead atoms. The van der Waals surface area contributed by atoms with E-state index < -0.39 is 17.6 Å². The molecule has 2 aliphatic carbocycles. The number of anilines is 1. The number of thiazole rings is 1. The highest BCUT2D eigenvalue weighted by Gasteiger charge is 2.44. The Morgan fingerprint density at radius 3 is 2.80 bits per heavy atom. The van der Waals surface area contributed by atoms with Crippen molar-refractivity contribution in [3.05, 3.63) is 45.2 Å². The average molecular weight is 448 g/mol. The van der Waals surface area contributed by atoms with Crippen LogP contribution in [0.1, 0.15) is 51.4 Å². The van der Waals surface area contributed by atoms with Gasteiger partial charge in [-0.15, -0.1) is 0 Å². The van der Waals surface area contributed by atoms with Gasteiger partial charge in [0, 0.05) is 25.4 Å². The number of amides is 2. The third-order valence-corrected chi connectivity index (χ3v) is 7.64. The molecule has 2 amide bonds. The van der Waals surface area contributed by atoms with Gasteiger partial charge in [0.1, 0.15) is 5.82 Å². The van der Waals surface area contributed by atoms with Crippen molar-refractivity contribution >= 4 is 45.7 Å². The van der Waals surface area contributed by atoms with E-state index in [0.717, 1.165) is 36.8 Å². The van der Waals surface area contributed by atoms with Gasteiger partial charge in [-0.25, -0.2) is 9.37 Å². The number of halogens is 2. The van der Waals surface area contributed by atoms with Crippen LogP contribution in [0.15, 0.2) is 18.2 Å². The Morgan fingerprint density at radius 2 is 2.10 bits per heavy atom. The quantitative estimate of drug-likeness (QED) is 0.772. The minimum atomic E-state index is -0.733. The van der Waals surface area contributed by atoms with Crippen LogP contribution >= 0.6 is 22.9 Å². The lowest BCUT2D eigenvalue weighted by Gasteiger charge is -2.31. The number of carbonyl (C=O) groups is 3. The fraction of sp³-hybridized carbons (Fsp3) is 0.429. The third-order valence-electron chi connectivity index (χ3n) is 6.27. The number of nitrogens with one attached hydrogen (secondary N) is 1. The lowest BCUT2D eigenvalue weighted by molar-refractivity contribution is -0.137. The van der Waals surface area contributed by atoms with Crippen molar-refractivity contribution in [2.24, 2.45) is 11.8 Å². The van der Waals surface area contributed by atoms with Crippen LogP contribution < -0.4 is 5.32 Å². The van der Waals surface area contributed by atoms with Gasteiger partial charge >= 0.3 is 0 Å². The highest BCUT2D eigenvalue weighted by Crippen LogP contribution is 2.40. The van der Waals surface area contributed by atoms with E-state index in [9.17, 15) is 18.8 Å². The van der Waals surface area contributed by atoms with Crippen LogP contribution in [0, 0.1) is 17.7 Å². The van der Waals surface area contributed by atoms with E-state index in [1.165, 1.54) is 18.6 Å². The zero-order valence-electron chi connectivity index (χ0n) is 16.0. The molecule has 6 nitrogen and oxygen atoms in total. The number of likely N-dealkylation sites (tertiary alicyclic amines) is 1. The van der Waals surface area contributed by atoms with Gasteiger partial charge in [-0.3, -0.25) is 19.7 Å². The van der Waals surface area contributed by atoms with Crippen molar-refractivity contribution in [1.29, 1.82) is 0 Å². The monoisotopic (exact) mass is 447 g/mol. The first-order valence-corrected chi connectivity index (χ1v) is 11.2. The fourth-order valence-electron chi connectivity index (χ4n) is 4.86. The van der Waals surface area contributed by atoms with Crippen molar-refractivity contribution < 1.29 is 18.8 Å². The molecule has 1 saturated heterocycles. The second-order valence-electron chi connectivity index (χ2n) is 8.20. The number of piperidine rings is 1. The summed E-state index contributed by atoms with van der Waals surface area (Å²) in [6, 6.07) is 4.31. The van der Waals surface area contributed by atoms with Crippen LogP contribution in [0.5, 0.6) is 0 Å². The van der Waals surface area contributed by atoms with Gasteiger partial charge in [0.05, 0.1) is 27.1 Å². The Bertz CT molecular complexity index is 1050. The maximum atomic E-state index is 14.0. The predicted molar refractivity (Wildman–Crippen MR) is 110 cm³/mol. The van der Waals surface area contributed by atoms with E-state index in [1.54, 1.807) is 0 Å². The summed E-state index contributed by atoms with van der Waals surface area (Å²) in [5.74, 6) is -1.37. The Labute approximate surface area is 181 Å². The molecule has 2 aromatic rings. The third kappa shape index (κ3) is 3.32. The molecule has 1 aromatic heterocycles. The molecule has 156 valence electrons. The number of benzene rings is 1. The summed E-state index contributed by atoms with van der Waals surface area (Å²) >= 11 is 7.00. The van der Waals surface area contributed by atoms with E-state index in [2.05, 4.69) is 10.3 Å². The first-order valence-electron chi connectivity index (χ1n) is 9.99. The van der Waals surface area contributed by atoms with Crippen LogP contribution in [0.25, 0.3) is 0 Å². The molecule has 0 unspecified atom stereocenters. The smallest absolute Gasteiger partial charge is 0.261 e. The first-order chi connectivity index (χ1) is 14.4. The summed E-state index contributed by atoms with van der Waals surface area (Å²) in [7, 11) is 0. The van der Waals surface area contributed by atoms with E-state index >= 15 is 0 Å². The zero-order chi connectivity index (χ0) is 21.0. The van der Waals surface area contributed by atoms with Gasteiger partial charge in [0.2, 0.25) is 5.91 Å². The Hall–Kier alpha value is -2.32. The van der Waals surface area contributed by atoms with Crippen LogP contribution in [0.2, 0.25) is 5.02 Å². The average Bonchev–Trinajstić information content (AvgIpc) is 3.42. The van der Waals surface area contributed by atoms with Crippen LogP contribution in [0.4, 0.5) is 9.52 Å². The molecule has 3 aliphatic rings. The highest BCUT2D eigenvalue weighted by atomic mass is 35.5. The first kappa shape index (κ1) is 19.6. The molecule has 0 spiro atoms. The summed E-state index contributed by atoms with van der Waals surface area (Å²) in [4.78, 5) is 44.9. The number of nitrogens with zero attached hydrogens (tertiary/aromatic N) is 2. The molecule has 9 heteroatoms. The normalized spacial score (nSPS) is 24.8. The molecule has 2 fully saturated rings. The van der Waals surface area contributed by atoms with Crippen molar-refractivity contribution in [3.8, 4) is 0 Å². The van der Waals surface area contributed by atoms with Crippen molar-refractivity contribution in [2.45, 2.75) is 38.1 Å². The Balaban J connectivity index is 1.33. The number of hydrogen-bond donors (Lipinski definition) is 1. The lowest BCUT2D eigenvalue weighted by Crippen LogP contribution is -2.43. The molecule has 1 N–H and O–H groups in total. The molecular weight excluding hydrogens is 429 g/mol. The number of Topliss-reactive ketones (excluding diaryl/α,β-unsaturated/α-hetero) is 1. The topological polar surface area (TPSA) is 79.4 Å². The highest BCUT2D eigenvalue weighted by molar-refractivity contribution is 7.17. The van der Waals surface area contributed by atoms with Gasteiger partial charge in [-0.05, 0) is 37.3 Å². The number of fused-ring (bicyclic) bond motifs is 3. The maximum absolute atomic E-state index is 14.0. The van der Waals surface area contributed by atoms with E-state index in [1.807, 2.05) is 4.90 Å². The molecule has 1 aliphatic heterocycles. The largest absolute Gasteiger partial charge is 0.339 e. The van der Waals surface area contributed by atoms with Crippen molar-refractivity contribution in [1.82, 2.24) is 9.88 Å². The molecule has 1 saturated carbocycles. The predicted octanol–water partition coefficient (Wildman–Crippen LogP) is 3.94. The molecule has 3 atom stereocenters. The van der Waals surface area contributed by atoms with Gasteiger partial charge in [0.15, 0.2) is 10.9 Å². The minimum absolute atomic E-state index is 0.00420. The minimum Gasteiger partial charge on any atom is -0.339 e. The van der Waals surface area contributed by atoms with Crippen molar-refractivity contribution in [3.63, 3.8) is 0 Å². The SMILES string of the molecule is O=C1C[C@H](C(=O)N2C[C@H]3CC[C@H]2C3)Cc2nc(NC(=O)c3c(F)cccc3Cl)sc21. The second-order valence-corrected chi connectivity index (χ2v) is 9.60. The molecule has 5 rings (SSSR count). The van der Waals surface area contributed by atoms with E-state index in [0.29, 0.717) is 29.0 Å². The molecular formula is C21H19ClFN3O3S. The summed E-state index contributed by atoms with van der Waals surface area (Å²) in [5.41, 5.74) is 0.254. The number of carbonyl (C=O) groups excluding carboxylic acids is 3. The van der Waals surface area contributed by atoms with Gasteiger partial charge in [-0.1, -0.05) is 29.0 Å². The number of hydrogen-bond acceptors (Lipinski definition) is 5. The van der Waals surface area contributed by atoms with Gasteiger partial charge < -0.3 is 4.90 Å². The van der Waals surface area contributed by atoms with E-state index in [-0.39, 0.29) is 33.8 Å². The molecule has 1 aromatic carbocycles. The van der Waals surface area contributed by atoms with Crippen molar-refractivity contribution in [2.75, 3.05) is 11.9 Å². The Kier molecular flexibility index (Phi) is 4.86. The summed E-state index contributed by atoms with van der Waals surface area (Å²) in [6.45, 7) is 0.794. The second kappa shape index (κ2) is 7.42. The Morgan fingerprint density at radius 1 is 1.27 bits per heavy atom. The molecule has 2 heterocycles. The zero-order valence-corrected chi connectivity index (χ0v) is 17.6. The maximum Gasteiger partial charge on any atom is 0.261 e. The summed E-state index contributed by atoms with van der Waals surface area (Å²) in [6.07, 6.45) is 3.84. The lowest BCUT2D eigenvalue weighted by atomic mass is 9.88. The summed E-state index contributed by atoms with van der Waals surface area (Å²) in [5, 5.41) is 2.73.